The number of alkyl halides is 3. The third-order valence-corrected chi connectivity index (χ3v) is 6.15. The number of nitrogens with two attached hydrogens (primary N) is 1. The molecule has 0 atom stereocenters. The number of fused-ring (bicyclic) bond motifs is 1. The molecule has 156 valence electrons. The first-order valence-electron chi connectivity index (χ1n) is 8.86. The number of carbonyl (C=O) groups excluding carboxylic acids is 1. The average molecular weight is 451 g/mol. The van der Waals surface area contributed by atoms with Crippen molar-refractivity contribution in [1.29, 1.82) is 0 Å². The van der Waals surface area contributed by atoms with E-state index in [2.05, 4.69) is 15.3 Å². The van der Waals surface area contributed by atoms with Crippen molar-refractivity contribution in [3.63, 3.8) is 0 Å². The highest BCUT2D eigenvalue weighted by Crippen LogP contribution is 2.34. The van der Waals surface area contributed by atoms with Gasteiger partial charge in [-0.3, -0.25) is 9.93 Å². The maximum atomic E-state index is 13.3. The molecule has 3 N–H and O–H groups in total. The first kappa shape index (κ1) is 20.6. The van der Waals surface area contributed by atoms with Gasteiger partial charge < -0.3 is 10.2 Å². The molecule has 30 heavy (non-hydrogen) atoms. The molecular weight excluding hydrogens is 435 g/mol. The summed E-state index contributed by atoms with van der Waals surface area (Å²) in [5.74, 6) is -0.460. The van der Waals surface area contributed by atoms with E-state index in [-0.39, 0.29) is 11.4 Å². The van der Waals surface area contributed by atoms with Crippen molar-refractivity contribution in [1.82, 2.24) is 9.97 Å². The smallest absolute Gasteiger partial charge is 0.351 e. The Morgan fingerprint density at radius 3 is 2.87 bits per heavy atom. The summed E-state index contributed by atoms with van der Waals surface area (Å²) in [6.45, 7) is 1.05. The molecule has 0 aromatic carbocycles. The molecule has 0 aliphatic carbocycles. The molecule has 1 aliphatic rings. The van der Waals surface area contributed by atoms with Gasteiger partial charge in [0.15, 0.2) is 0 Å². The molecule has 0 radical (unpaired) electrons. The van der Waals surface area contributed by atoms with Crippen molar-refractivity contribution < 1.29 is 18.0 Å². The Hall–Kier alpha value is -2.63. The summed E-state index contributed by atoms with van der Waals surface area (Å²) in [6, 6.07) is 5.91. The van der Waals surface area contributed by atoms with E-state index in [0.29, 0.717) is 23.8 Å². The van der Waals surface area contributed by atoms with Gasteiger partial charge >= 0.3 is 6.18 Å². The van der Waals surface area contributed by atoms with Gasteiger partial charge in [0, 0.05) is 36.0 Å². The maximum absolute atomic E-state index is 13.3. The molecule has 0 saturated carbocycles. The number of carbonyl (C=O) groups is 1. The highest BCUT2D eigenvalue weighted by molar-refractivity contribution is 7.97. The fourth-order valence-electron chi connectivity index (χ4n) is 3.21. The highest BCUT2D eigenvalue weighted by atomic mass is 32.2. The number of rotatable bonds is 4. The molecule has 0 unspecified atom stereocenters. The van der Waals surface area contributed by atoms with Crippen LogP contribution in [0.5, 0.6) is 0 Å². The minimum absolute atomic E-state index is 0.137. The maximum Gasteiger partial charge on any atom is 0.417 e. The second kappa shape index (κ2) is 8.25. The molecule has 1 aliphatic heterocycles. The minimum Gasteiger partial charge on any atom is -0.351 e. The van der Waals surface area contributed by atoms with Crippen LogP contribution in [-0.4, -0.2) is 22.4 Å². The molecule has 6 nitrogen and oxygen atoms in total. The van der Waals surface area contributed by atoms with Crippen molar-refractivity contribution in [2.24, 2.45) is 5.14 Å². The minimum atomic E-state index is -4.61. The monoisotopic (exact) mass is 451 g/mol. The number of hydrogen-bond acceptors (Lipinski definition) is 7. The Kier molecular flexibility index (Phi) is 5.67. The largest absolute Gasteiger partial charge is 0.417 e. The third-order valence-electron chi connectivity index (χ3n) is 4.66. The molecule has 3 aromatic heterocycles. The first-order valence-corrected chi connectivity index (χ1v) is 10.6. The molecule has 4 rings (SSSR count). The Bertz CT molecular complexity index is 1090. The number of aromatic nitrogens is 2. The topological polar surface area (TPSA) is 84.1 Å². The SMILES string of the molecule is NSc1cc(NC(=O)c2cc(C(F)(F)F)cnc2N2CCc3sccc3C2)ccn1. The van der Waals surface area contributed by atoms with Gasteiger partial charge in [0.2, 0.25) is 0 Å². The van der Waals surface area contributed by atoms with Gasteiger partial charge in [-0.05, 0) is 53.6 Å². The van der Waals surface area contributed by atoms with E-state index >= 15 is 0 Å². The van der Waals surface area contributed by atoms with Crippen LogP contribution in [0.25, 0.3) is 0 Å². The summed E-state index contributed by atoms with van der Waals surface area (Å²) in [4.78, 5) is 24.1. The lowest BCUT2D eigenvalue weighted by atomic mass is 10.1. The molecular formula is C19H16F3N5OS2. The molecule has 3 aromatic rings. The van der Waals surface area contributed by atoms with Gasteiger partial charge in [0.25, 0.3) is 5.91 Å². The molecule has 0 saturated heterocycles. The Morgan fingerprint density at radius 2 is 2.10 bits per heavy atom. The van der Waals surface area contributed by atoms with E-state index in [1.165, 1.54) is 17.1 Å². The lowest BCUT2D eigenvalue weighted by molar-refractivity contribution is -0.137. The van der Waals surface area contributed by atoms with Gasteiger partial charge in [0.1, 0.15) is 10.8 Å². The van der Waals surface area contributed by atoms with E-state index < -0.39 is 17.6 Å². The van der Waals surface area contributed by atoms with Crippen LogP contribution in [-0.2, 0) is 19.1 Å². The van der Waals surface area contributed by atoms with Crippen LogP contribution >= 0.6 is 23.3 Å². The van der Waals surface area contributed by atoms with Gasteiger partial charge in [0.05, 0.1) is 11.1 Å². The Balaban J connectivity index is 1.69. The lowest BCUT2D eigenvalue weighted by Gasteiger charge is -2.29. The molecule has 0 fully saturated rings. The predicted octanol–water partition coefficient (Wildman–Crippen LogP) is 4.34. The first-order chi connectivity index (χ1) is 14.3. The predicted molar refractivity (Wildman–Crippen MR) is 111 cm³/mol. The summed E-state index contributed by atoms with van der Waals surface area (Å²) in [7, 11) is 0. The summed E-state index contributed by atoms with van der Waals surface area (Å²) in [5, 5.41) is 10.6. The van der Waals surface area contributed by atoms with Crippen LogP contribution in [0.3, 0.4) is 0 Å². The third kappa shape index (κ3) is 4.27. The quantitative estimate of drug-likeness (QED) is 0.574. The number of thiophene rings is 1. The average Bonchev–Trinajstić information content (AvgIpc) is 3.20. The second-order valence-corrected chi connectivity index (χ2v) is 8.24. The van der Waals surface area contributed by atoms with Crippen molar-refractivity contribution in [2.75, 3.05) is 16.8 Å². The number of hydrogen-bond donors (Lipinski definition) is 2. The van der Waals surface area contributed by atoms with Gasteiger partial charge in [-0.1, -0.05) is 0 Å². The van der Waals surface area contributed by atoms with E-state index in [9.17, 15) is 18.0 Å². The van der Waals surface area contributed by atoms with E-state index in [1.54, 1.807) is 17.4 Å². The van der Waals surface area contributed by atoms with Crippen LogP contribution in [0.15, 0.2) is 47.1 Å². The van der Waals surface area contributed by atoms with E-state index in [1.807, 2.05) is 16.3 Å². The number of nitrogens with one attached hydrogen (secondary N) is 1. The Morgan fingerprint density at radius 1 is 1.27 bits per heavy atom. The summed E-state index contributed by atoms with van der Waals surface area (Å²) in [5.41, 5.74) is 0.364. The number of nitrogens with zero attached hydrogens (tertiary/aromatic N) is 3. The molecule has 1 amide bonds. The van der Waals surface area contributed by atoms with E-state index in [4.69, 9.17) is 5.14 Å². The zero-order valence-electron chi connectivity index (χ0n) is 15.4. The molecule has 11 heteroatoms. The number of amides is 1. The van der Waals surface area contributed by atoms with Crippen LogP contribution in [0.2, 0.25) is 0 Å². The number of halogens is 3. The van der Waals surface area contributed by atoms with Gasteiger partial charge in [-0.25, -0.2) is 9.97 Å². The van der Waals surface area contributed by atoms with Gasteiger partial charge in [-0.15, -0.1) is 11.3 Å². The van der Waals surface area contributed by atoms with E-state index in [0.717, 1.165) is 36.2 Å². The summed E-state index contributed by atoms with van der Waals surface area (Å²) in [6.07, 6.45) is -1.63. The highest BCUT2D eigenvalue weighted by Gasteiger charge is 2.33. The summed E-state index contributed by atoms with van der Waals surface area (Å²) >= 11 is 2.55. The van der Waals surface area contributed by atoms with Crippen LogP contribution in [0.1, 0.15) is 26.4 Å². The zero-order valence-corrected chi connectivity index (χ0v) is 17.1. The van der Waals surface area contributed by atoms with Crippen LogP contribution in [0, 0.1) is 0 Å². The standard InChI is InChI=1S/C19H16F3N5OS2/c20-19(21,22)12-7-14(18(28)26-13-1-4-24-16(8-13)30-23)17(25-9-12)27-5-2-15-11(10-27)3-6-29-15/h1,3-4,6-9H,2,5,10,23H2,(H,24,26,28). The molecule has 4 heterocycles. The fraction of sp³-hybridized carbons (Fsp3) is 0.211. The van der Waals surface area contributed by atoms with Crippen LogP contribution in [0.4, 0.5) is 24.7 Å². The zero-order chi connectivity index (χ0) is 21.3. The summed E-state index contributed by atoms with van der Waals surface area (Å²) < 4.78 is 39.8. The second-order valence-electron chi connectivity index (χ2n) is 6.59. The van der Waals surface area contributed by atoms with Crippen molar-refractivity contribution in [2.45, 2.75) is 24.2 Å². The van der Waals surface area contributed by atoms with Crippen LogP contribution < -0.4 is 15.4 Å². The fourth-order valence-corrected chi connectivity index (χ4v) is 4.42. The Labute approximate surface area is 178 Å². The molecule has 0 spiro atoms. The normalized spacial score (nSPS) is 13.8. The molecule has 0 bridgehead atoms. The van der Waals surface area contributed by atoms with Crippen molar-refractivity contribution in [3.8, 4) is 0 Å². The number of anilines is 2. The number of pyridine rings is 2. The van der Waals surface area contributed by atoms with Crippen molar-refractivity contribution >= 4 is 40.7 Å². The van der Waals surface area contributed by atoms with Gasteiger partial charge in [-0.2, -0.15) is 13.2 Å². The van der Waals surface area contributed by atoms with Crippen molar-refractivity contribution in [3.05, 3.63) is 63.6 Å². The lowest BCUT2D eigenvalue weighted by Crippen LogP contribution is -2.32.